The quantitative estimate of drug-likeness (QED) is 0.917. The summed E-state index contributed by atoms with van der Waals surface area (Å²) in [7, 11) is 0. The lowest BCUT2D eigenvalue weighted by Crippen LogP contribution is -2.45. The summed E-state index contributed by atoms with van der Waals surface area (Å²) in [6.07, 6.45) is 4.66. The molecule has 0 atom stereocenters. The molecule has 1 aliphatic heterocycles. The third-order valence-corrected chi connectivity index (χ3v) is 4.09. The maximum Gasteiger partial charge on any atom is 0.251 e. The van der Waals surface area contributed by atoms with Crippen LogP contribution in [0.25, 0.3) is 5.69 Å². The number of hydrogen-bond acceptors (Lipinski definition) is 4. The van der Waals surface area contributed by atoms with E-state index in [2.05, 4.69) is 15.4 Å². The molecule has 3 rings (SSSR count). The molecule has 0 radical (unpaired) electrons. The molecule has 0 spiro atoms. The number of piperidine rings is 1. The number of carbonyl (C=O) groups excluding carboxylic acids is 2. The van der Waals surface area contributed by atoms with Gasteiger partial charge in [0.25, 0.3) is 5.91 Å². The SMILES string of the molecule is CC(=O)N1CCC(NC(=O)c2ccc(-n3cncn3)cc2)CC1. The van der Waals surface area contributed by atoms with Crippen molar-refractivity contribution < 1.29 is 9.59 Å². The maximum absolute atomic E-state index is 12.3. The Labute approximate surface area is 134 Å². The van der Waals surface area contributed by atoms with Crippen molar-refractivity contribution in [3.63, 3.8) is 0 Å². The zero-order chi connectivity index (χ0) is 16.2. The number of nitrogens with one attached hydrogen (secondary N) is 1. The van der Waals surface area contributed by atoms with Crippen molar-refractivity contribution in [3.8, 4) is 5.69 Å². The second-order valence-electron chi connectivity index (χ2n) is 5.64. The Kier molecular flexibility index (Phi) is 4.36. The molecule has 7 nitrogen and oxygen atoms in total. The molecule has 1 saturated heterocycles. The van der Waals surface area contributed by atoms with Crippen molar-refractivity contribution in [3.05, 3.63) is 42.5 Å². The van der Waals surface area contributed by atoms with Crippen molar-refractivity contribution in [2.75, 3.05) is 13.1 Å². The number of hydrogen-bond donors (Lipinski definition) is 1. The van der Waals surface area contributed by atoms with Gasteiger partial charge in [0.05, 0.1) is 5.69 Å². The lowest BCUT2D eigenvalue weighted by molar-refractivity contribution is -0.129. The molecular formula is C16H19N5O2. The number of carbonyl (C=O) groups is 2. The number of aromatic nitrogens is 3. The highest BCUT2D eigenvalue weighted by atomic mass is 16.2. The molecule has 7 heteroatoms. The molecule has 0 bridgehead atoms. The van der Waals surface area contributed by atoms with Crippen LogP contribution >= 0.6 is 0 Å². The lowest BCUT2D eigenvalue weighted by atomic mass is 10.0. The molecule has 2 heterocycles. The lowest BCUT2D eigenvalue weighted by Gasteiger charge is -2.31. The van der Waals surface area contributed by atoms with E-state index in [9.17, 15) is 9.59 Å². The van der Waals surface area contributed by atoms with Crippen LogP contribution in [0.4, 0.5) is 0 Å². The van der Waals surface area contributed by atoms with Gasteiger partial charge in [0.15, 0.2) is 0 Å². The fourth-order valence-electron chi connectivity index (χ4n) is 2.71. The van der Waals surface area contributed by atoms with E-state index in [4.69, 9.17) is 0 Å². The average Bonchev–Trinajstić information content (AvgIpc) is 3.10. The van der Waals surface area contributed by atoms with Gasteiger partial charge in [-0.25, -0.2) is 9.67 Å². The molecule has 0 saturated carbocycles. The molecule has 2 amide bonds. The standard InChI is InChI=1S/C16H19N5O2/c1-12(22)20-8-6-14(7-9-20)19-16(23)13-2-4-15(5-3-13)21-11-17-10-18-21/h2-5,10-11,14H,6-9H2,1H3,(H,19,23). The number of likely N-dealkylation sites (tertiary alicyclic amines) is 1. The summed E-state index contributed by atoms with van der Waals surface area (Å²) < 4.78 is 1.64. The summed E-state index contributed by atoms with van der Waals surface area (Å²) in [4.78, 5) is 29.3. The molecule has 23 heavy (non-hydrogen) atoms. The smallest absolute Gasteiger partial charge is 0.251 e. The second-order valence-corrected chi connectivity index (χ2v) is 5.64. The predicted molar refractivity (Wildman–Crippen MR) is 84.1 cm³/mol. The van der Waals surface area contributed by atoms with Crippen molar-refractivity contribution in [1.29, 1.82) is 0 Å². The molecular weight excluding hydrogens is 294 g/mol. The fourth-order valence-corrected chi connectivity index (χ4v) is 2.71. The molecule has 1 N–H and O–H groups in total. The summed E-state index contributed by atoms with van der Waals surface area (Å²) >= 11 is 0. The Morgan fingerprint density at radius 2 is 1.87 bits per heavy atom. The summed E-state index contributed by atoms with van der Waals surface area (Å²) in [6.45, 7) is 2.98. The summed E-state index contributed by atoms with van der Waals surface area (Å²) in [5.74, 6) is 0.00916. The van der Waals surface area contributed by atoms with Crippen molar-refractivity contribution in [2.24, 2.45) is 0 Å². The third kappa shape index (κ3) is 3.56. The van der Waals surface area contributed by atoms with Crippen molar-refractivity contribution in [2.45, 2.75) is 25.8 Å². The molecule has 2 aromatic rings. The van der Waals surface area contributed by atoms with Gasteiger partial charge < -0.3 is 10.2 Å². The van der Waals surface area contributed by atoms with Crippen LogP contribution in [-0.4, -0.2) is 50.6 Å². The molecule has 1 aromatic carbocycles. The first-order valence-corrected chi connectivity index (χ1v) is 7.65. The Balaban J connectivity index is 1.57. The summed E-state index contributed by atoms with van der Waals surface area (Å²) in [6, 6.07) is 7.34. The van der Waals surface area contributed by atoms with Gasteiger partial charge in [-0.1, -0.05) is 0 Å². The third-order valence-electron chi connectivity index (χ3n) is 4.09. The first-order valence-electron chi connectivity index (χ1n) is 7.65. The number of rotatable bonds is 3. The summed E-state index contributed by atoms with van der Waals surface area (Å²) in [5, 5.41) is 7.09. The van der Waals surface area contributed by atoms with Gasteiger partial charge >= 0.3 is 0 Å². The number of benzene rings is 1. The van der Waals surface area contributed by atoms with Gasteiger partial charge in [0.1, 0.15) is 12.7 Å². The van der Waals surface area contributed by atoms with Crippen LogP contribution in [0.2, 0.25) is 0 Å². The topological polar surface area (TPSA) is 80.1 Å². The van der Waals surface area contributed by atoms with Crippen LogP contribution in [0.1, 0.15) is 30.1 Å². The highest BCUT2D eigenvalue weighted by molar-refractivity contribution is 5.94. The minimum absolute atomic E-state index is 0.0867. The molecule has 120 valence electrons. The molecule has 1 aliphatic rings. The highest BCUT2D eigenvalue weighted by Crippen LogP contribution is 2.12. The van der Waals surface area contributed by atoms with E-state index in [-0.39, 0.29) is 17.9 Å². The van der Waals surface area contributed by atoms with Gasteiger partial charge in [-0.2, -0.15) is 5.10 Å². The minimum atomic E-state index is -0.0867. The van der Waals surface area contributed by atoms with E-state index in [1.54, 1.807) is 30.1 Å². The second kappa shape index (κ2) is 6.60. The first-order chi connectivity index (χ1) is 11.1. The van der Waals surface area contributed by atoms with Crippen LogP contribution in [-0.2, 0) is 4.79 Å². The molecule has 0 aliphatic carbocycles. The van der Waals surface area contributed by atoms with Gasteiger partial charge in [-0.05, 0) is 37.1 Å². The van der Waals surface area contributed by atoms with E-state index in [1.165, 1.54) is 6.33 Å². The van der Waals surface area contributed by atoms with E-state index < -0.39 is 0 Å². The number of amides is 2. The van der Waals surface area contributed by atoms with Crippen LogP contribution in [0.3, 0.4) is 0 Å². The normalized spacial score (nSPS) is 15.4. The van der Waals surface area contributed by atoms with Gasteiger partial charge in [0.2, 0.25) is 5.91 Å². The van der Waals surface area contributed by atoms with Crippen LogP contribution in [0, 0.1) is 0 Å². The van der Waals surface area contributed by atoms with Gasteiger partial charge in [-0.15, -0.1) is 0 Å². The summed E-state index contributed by atoms with van der Waals surface area (Å²) in [5.41, 5.74) is 1.47. The maximum atomic E-state index is 12.3. The Morgan fingerprint density at radius 1 is 1.17 bits per heavy atom. The van der Waals surface area contributed by atoms with Crippen LogP contribution in [0.15, 0.2) is 36.9 Å². The van der Waals surface area contributed by atoms with Crippen molar-refractivity contribution in [1.82, 2.24) is 25.0 Å². The van der Waals surface area contributed by atoms with Crippen molar-refractivity contribution >= 4 is 11.8 Å². The largest absolute Gasteiger partial charge is 0.349 e. The Morgan fingerprint density at radius 3 is 2.43 bits per heavy atom. The monoisotopic (exact) mass is 313 g/mol. The van der Waals surface area contributed by atoms with Gasteiger partial charge in [0, 0.05) is 31.6 Å². The molecule has 1 aromatic heterocycles. The van der Waals surface area contributed by atoms with Gasteiger partial charge in [-0.3, -0.25) is 9.59 Å². The zero-order valence-corrected chi connectivity index (χ0v) is 13.0. The molecule has 1 fully saturated rings. The fraction of sp³-hybridized carbons (Fsp3) is 0.375. The number of nitrogens with zero attached hydrogens (tertiary/aromatic N) is 4. The van der Waals surface area contributed by atoms with Crippen LogP contribution in [0.5, 0.6) is 0 Å². The predicted octanol–water partition coefficient (Wildman–Crippen LogP) is 1.01. The van der Waals surface area contributed by atoms with E-state index in [0.29, 0.717) is 18.7 Å². The molecule has 0 unspecified atom stereocenters. The average molecular weight is 313 g/mol. The zero-order valence-electron chi connectivity index (χ0n) is 13.0. The van der Waals surface area contributed by atoms with E-state index in [1.807, 2.05) is 17.0 Å². The Bertz CT molecular complexity index is 673. The first kappa shape index (κ1) is 15.2. The minimum Gasteiger partial charge on any atom is -0.349 e. The van der Waals surface area contributed by atoms with Crippen LogP contribution < -0.4 is 5.32 Å². The highest BCUT2D eigenvalue weighted by Gasteiger charge is 2.22. The van der Waals surface area contributed by atoms with E-state index >= 15 is 0 Å². The van der Waals surface area contributed by atoms with E-state index in [0.717, 1.165) is 18.5 Å². The Hall–Kier alpha value is -2.70.